The van der Waals surface area contributed by atoms with E-state index in [2.05, 4.69) is 48.5 Å². The second-order valence-electron chi connectivity index (χ2n) is 8.39. The molecule has 0 radical (unpaired) electrons. The second kappa shape index (κ2) is 10.0. The minimum Gasteiger partial charge on any atom is -0.287 e. The molecule has 3 aliphatic carbocycles. The molecular weight excluding hydrogens is 422 g/mol. The molecule has 162 valence electrons. The van der Waals surface area contributed by atoms with Crippen molar-refractivity contribution >= 4 is 23.4 Å². The Hall–Kier alpha value is -3.43. The summed E-state index contributed by atoms with van der Waals surface area (Å²) in [6.07, 6.45) is 3.93. The number of hydrogen-bond donors (Lipinski definition) is 0. The zero-order chi connectivity index (χ0) is 22.5. The normalized spacial score (nSPS) is 15.0. The third-order valence-electron chi connectivity index (χ3n) is 6.04. The van der Waals surface area contributed by atoms with Gasteiger partial charge in [-0.3, -0.25) is 4.79 Å². The summed E-state index contributed by atoms with van der Waals surface area (Å²) >= 11 is 1.34. The number of fused-ring (bicyclic) bond motifs is 2. The molecule has 0 heterocycles. The number of ketones is 1. The van der Waals surface area contributed by atoms with Crippen molar-refractivity contribution in [2.24, 2.45) is 4.40 Å². The van der Waals surface area contributed by atoms with Crippen LogP contribution in [0.25, 0.3) is 0 Å². The van der Waals surface area contributed by atoms with Crippen molar-refractivity contribution in [2.45, 2.75) is 30.6 Å². The maximum absolute atomic E-state index is 13.5. The zero-order valence-electron chi connectivity index (χ0n) is 18.4. The molecule has 0 amide bonds. The van der Waals surface area contributed by atoms with Crippen molar-refractivity contribution in [3.8, 4) is 0 Å². The van der Waals surface area contributed by atoms with Crippen LogP contribution in [0.2, 0.25) is 0 Å². The highest BCUT2D eigenvalue weighted by atomic mass is 32.2. The molecular formula is C30H25NOS. The lowest BCUT2D eigenvalue weighted by Gasteiger charge is -2.09. The first-order chi connectivity index (χ1) is 16.2. The maximum Gasteiger partial charge on any atom is 0.212 e. The molecule has 33 heavy (non-hydrogen) atoms. The van der Waals surface area contributed by atoms with Crippen LogP contribution in [0, 0.1) is 0 Å². The Bertz CT molecular complexity index is 1280. The highest BCUT2D eigenvalue weighted by Gasteiger charge is 2.17. The van der Waals surface area contributed by atoms with Crippen molar-refractivity contribution in [1.82, 2.24) is 0 Å². The molecule has 0 saturated carbocycles. The number of aryl methyl sites for hydroxylation is 4. The molecule has 4 aromatic carbocycles. The SMILES string of the molecule is O=C1/C(=N/Sc2ccccc2)c2ccc(cc2)CCc2cccc(c2)CCc2ccc1cc2. The van der Waals surface area contributed by atoms with E-state index in [0.717, 1.165) is 36.1 Å². The lowest BCUT2D eigenvalue weighted by Crippen LogP contribution is -2.15. The van der Waals surface area contributed by atoms with Crippen LogP contribution in [0.4, 0.5) is 0 Å². The van der Waals surface area contributed by atoms with E-state index in [1.165, 1.54) is 34.2 Å². The first-order valence-corrected chi connectivity index (χ1v) is 12.1. The van der Waals surface area contributed by atoms with Crippen LogP contribution in [-0.2, 0) is 25.7 Å². The highest BCUT2D eigenvalue weighted by molar-refractivity contribution is 7.98. The molecule has 7 rings (SSSR count). The van der Waals surface area contributed by atoms with Gasteiger partial charge in [0.15, 0.2) is 0 Å². The van der Waals surface area contributed by atoms with E-state index < -0.39 is 0 Å². The van der Waals surface area contributed by atoms with E-state index in [0.29, 0.717) is 11.3 Å². The average Bonchev–Trinajstić information content (AvgIpc) is 2.88. The Labute approximate surface area is 199 Å². The number of nitrogens with zero attached hydrogens (tertiary/aromatic N) is 1. The highest BCUT2D eigenvalue weighted by Crippen LogP contribution is 2.22. The number of carbonyl (C=O) groups excluding carboxylic acids is 1. The molecule has 0 spiro atoms. The van der Waals surface area contributed by atoms with Gasteiger partial charge in [0.1, 0.15) is 5.71 Å². The molecule has 2 nitrogen and oxygen atoms in total. The van der Waals surface area contributed by atoms with Crippen LogP contribution in [-0.4, -0.2) is 11.5 Å². The molecule has 0 aromatic heterocycles. The lowest BCUT2D eigenvalue weighted by atomic mass is 9.97. The summed E-state index contributed by atoms with van der Waals surface area (Å²) in [5.41, 5.74) is 7.23. The van der Waals surface area contributed by atoms with Crippen molar-refractivity contribution in [1.29, 1.82) is 0 Å². The summed E-state index contributed by atoms with van der Waals surface area (Å²) < 4.78 is 4.70. The van der Waals surface area contributed by atoms with Crippen LogP contribution in [0.1, 0.15) is 38.2 Å². The van der Waals surface area contributed by atoms with Crippen LogP contribution in [0.5, 0.6) is 0 Å². The lowest BCUT2D eigenvalue weighted by molar-refractivity contribution is 0.106. The fraction of sp³-hybridized carbons (Fsp3) is 0.133. The standard InChI is InChI=1S/C30H25NOS/c32-30-27-19-15-23(16-20-27)10-12-25-6-4-5-24(21-25)11-9-22-13-17-26(18-14-22)29(30)31-33-28-7-2-1-3-8-28/h1-8,13-21H,9-12H2/b31-29+. The Morgan fingerprint density at radius 2 is 1.09 bits per heavy atom. The number of rotatable bonds is 2. The van der Waals surface area contributed by atoms with Gasteiger partial charge in [-0.25, -0.2) is 4.40 Å². The summed E-state index contributed by atoms with van der Waals surface area (Å²) in [7, 11) is 0. The fourth-order valence-corrected chi connectivity index (χ4v) is 4.78. The predicted molar refractivity (Wildman–Crippen MR) is 137 cm³/mol. The van der Waals surface area contributed by atoms with Gasteiger partial charge in [0.05, 0.1) is 0 Å². The summed E-state index contributed by atoms with van der Waals surface area (Å²) in [6.45, 7) is 0. The monoisotopic (exact) mass is 447 g/mol. The Morgan fingerprint density at radius 3 is 1.70 bits per heavy atom. The minimum absolute atomic E-state index is 0.0475. The van der Waals surface area contributed by atoms with Crippen LogP contribution >= 0.6 is 11.9 Å². The Balaban J connectivity index is 1.53. The number of benzene rings is 4. The number of Topliss-reactive ketones (excluding diaryl/α,β-unsaturated/α-hetero) is 1. The average molecular weight is 448 g/mol. The molecule has 4 aromatic rings. The van der Waals surface area contributed by atoms with Gasteiger partial charge in [0.25, 0.3) is 0 Å². The molecule has 0 fully saturated rings. The third kappa shape index (κ3) is 5.32. The zero-order valence-corrected chi connectivity index (χ0v) is 19.2. The molecule has 6 bridgehead atoms. The predicted octanol–water partition coefficient (Wildman–Crippen LogP) is 6.95. The summed E-state index contributed by atoms with van der Waals surface area (Å²) in [4.78, 5) is 14.5. The van der Waals surface area contributed by atoms with E-state index in [1.807, 2.05) is 54.6 Å². The van der Waals surface area contributed by atoms with Crippen LogP contribution < -0.4 is 0 Å². The van der Waals surface area contributed by atoms with Gasteiger partial charge in [-0.05, 0) is 60.1 Å². The molecule has 3 heteroatoms. The Morgan fingerprint density at radius 1 is 0.545 bits per heavy atom. The summed E-state index contributed by atoms with van der Waals surface area (Å²) in [6, 6.07) is 35.2. The number of carbonyl (C=O) groups is 1. The smallest absolute Gasteiger partial charge is 0.212 e. The van der Waals surface area contributed by atoms with Gasteiger partial charge < -0.3 is 0 Å². The van der Waals surface area contributed by atoms with Crippen molar-refractivity contribution in [3.05, 3.63) is 137 Å². The minimum atomic E-state index is -0.0475. The molecule has 0 unspecified atom stereocenters. The molecule has 3 aliphatic rings. The topological polar surface area (TPSA) is 29.4 Å². The van der Waals surface area contributed by atoms with E-state index in [-0.39, 0.29) is 5.78 Å². The van der Waals surface area contributed by atoms with E-state index in [4.69, 9.17) is 4.40 Å². The first-order valence-electron chi connectivity index (χ1n) is 11.4. The Kier molecular flexibility index (Phi) is 6.50. The molecule has 0 atom stereocenters. The van der Waals surface area contributed by atoms with E-state index in [9.17, 15) is 4.79 Å². The van der Waals surface area contributed by atoms with Gasteiger partial charge >= 0.3 is 0 Å². The third-order valence-corrected chi connectivity index (χ3v) is 6.80. The first kappa shape index (κ1) is 21.4. The summed E-state index contributed by atoms with van der Waals surface area (Å²) in [5.74, 6) is -0.0475. The van der Waals surface area contributed by atoms with Gasteiger partial charge in [-0.1, -0.05) is 91.0 Å². The quantitative estimate of drug-likeness (QED) is 0.311. The van der Waals surface area contributed by atoms with Gasteiger partial charge in [-0.15, -0.1) is 0 Å². The van der Waals surface area contributed by atoms with Crippen molar-refractivity contribution < 1.29 is 4.79 Å². The summed E-state index contributed by atoms with van der Waals surface area (Å²) in [5, 5.41) is 0. The van der Waals surface area contributed by atoms with Crippen molar-refractivity contribution in [3.63, 3.8) is 0 Å². The maximum atomic E-state index is 13.5. The second-order valence-corrected chi connectivity index (χ2v) is 9.22. The molecule has 0 N–H and O–H groups in total. The van der Waals surface area contributed by atoms with Gasteiger partial charge in [0, 0.05) is 28.0 Å². The van der Waals surface area contributed by atoms with E-state index >= 15 is 0 Å². The van der Waals surface area contributed by atoms with Crippen LogP contribution in [0.3, 0.4) is 0 Å². The largest absolute Gasteiger partial charge is 0.287 e. The fourth-order valence-electron chi connectivity index (χ4n) is 4.11. The molecule has 0 saturated heterocycles. The van der Waals surface area contributed by atoms with Crippen molar-refractivity contribution in [2.75, 3.05) is 0 Å². The van der Waals surface area contributed by atoms with E-state index in [1.54, 1.807) is 0 Å². The van der Waals surface area contributed by atoms with Crippen LogP contribution in [0.15, 0.2) is 112 Å². The van der Waals surface area contributed by atoms with Gasteiger partial charge in [-0.2, -0.15) is 0 Å². The van der Waals surface area contributed by atoms with Gasteiger partial charge in [0.2, 0.25) is 5.78 Å². The molecule has 0 aliphatic heterocycles. The number of hydrogen-bond acceptors (Lipinski definition) is 3.